The number of carbonyl (C=O) groups is 1. The zero-order chi connectivity index (χ0) is 29.2. The van der Waals surface area contributed by atoms with Crippen LogP contribution < -0.4 is 15.0 Å². The molecule has 1 aromatic carbocycles. The van der Waals surface area contributed by atoms with Crippen LogP contribution in [0.2, 0.25) is 0 Å². The van der Waals surface area contributed by atoms with Crippen molar-refractivity contribution in [1.82, 2.24) is 29.4 Å². The molecule has 3 heterocycles. The van der Waals surface area contributed by atoms with Gasteiger partial charge in [0.25, 0.3) is 5.56 Å². The summed E-state index contributed by atoms with van der Waals surface area (Å²) in [5, 5.41) is 17.4. The number of thiophene rings is 1. The second-order valence-corrected chi connectivity index (χ2v) is 9.57. The first-order valence-corrected chi connectivity index (χ1v) is 13.2. The molecule has 0 spiro atoms. The zero-order valence-electron chi connectivity index (χ0n) is 23.1. The van der Waals surface area contributed by atoms with Crippen LogP contribution in [0.1, 0.15) is 18.1 Å². The number of aliphatic hydroxyl groups is 1. The number of fused-ring (bicyclic) bond motifs is 1. The summed E-state index contributed by atoms with van der Waals surface area (Å²) in [6.07, 6.45) is 3.46. The lowest BCUT2D eigenvalue weighted by Crippen LogP contribution is -2.32. The summed E-state index contributed by atoms with van der Waals surface area (Å²) in [6.45, 7) is 4.48. The highest BCUT2D eigenvalue weighted by molar-refractivity contribution is 7.21. The van der Waals surface area contributed by atoms with E-state index in [9.17, 15) is 14.0 Å². The molecule has 216 valence electrons. The van der Waals surface area contributed by atoms with E-state index in [1.54, 1.807) is 32.6 Å². The van der Waals surface area contributed by atoms with Crippen LogP contribution in [0, 0.1) is 12.7 Å². The van der Waals surface area contributed by atoms with E-state index in [0.29, 0.717) is 51.7 Å². The Labute approximate surface area is 234 Å². The Morgan fingerprint density at radius 3 is 2.52 bits per heavy atom. The summed E-state index contributed by atoms with van der Waals surface area (Å²) < 4.78 is 30.8. The lowest BCUT2D eigenvalue weighted by atomic mass is 10.1. The number of carbonyl (C=O) groups excluding carboxylic acids is 1. The number of likely N-dealkylation sites (N-methyl/N-ethyl adjacent to an activating group) is 1. The maximum absolute atomic E-state index is 13.7. The van der Waals surface area contributed by atoms with E-state index >= 15 is 0 Å². The summed E-state index contributed by atoms with van der Waals surface area (Å²) in [7, 11) is 4.73. The summed E-state index contributed by atoms with van der Waals surface area (Å²) in [6, 6.07) is 4.39. The second-order valence-electron chi connectivity index (χ2n) is 8.59. The van der Waals surface area contributed by atoms with Gasteiger partial charge in [0.15, 0.2) is 0 Å². The second kappa shape index (κ2) is 14.5. The number of benzene rings is 1. The Bertz CT molecular complexity index is 1470. The third-order valence-electron chi connectivity index (χ3n) is 5.93. The minimum Gasteiger partial charge on any atom is -0.496 e. The monoisotopic (exact) mass is 576 g/mol. The normalized spacial score (nSPS) is 10.8. The van der Waals surface area contributed by atoms with E-state index < -0.39 is 0 Å². The number of ether oxygens (including phenoxy) is 3. The van der Waals surface area contributed by atoms with E-state index in [2.05, 4.69) is 19.9 Å². The number of halogens is 1. The van der Waals surface area contributed by atoms with Gasteiger partial charge in [0.05, 0.1) is 44.7 Å². The van der Waals surface area contributed by atoms with Crippen LogP contribution in [-0.2, 0) is 22.5 Å². The van der Waals surface area contributed by atoms with E-state index in [1.807, 2.05) is 6.92 Å². The van der Waals surface area contributed by atoms with Crippen LogP contribution in [0.3, 0.4) is 0 Å². The lowest BCUT2D eigenvalue weighted by molar-refractivity contribution is -0.127. The predicted octanol–water partition coefficient (Wildman–Crippen LogP) is 2.22. The van der Waals surface area contributed by atoms with Crippen LogP contribution in [0.25, 0.3) is 15.2 Å². The van der Waals surface area contributed by atoms with Crippen LogP contribution in [0.5, 0.6) is 11.8 Å². The van der Waals surface area contributed by atoms with Crippen molar-refractivity contribution in [2.45, 2.75) is 26.8 Å². The van der Waals surface area contributed by atoms with Gasteiger partial charge >= 0.3 is 6.01 Å². The van der Waals surface area contributed by atoms with Crippen LogP contribution in [-0.4, -0.2) is 88.1 Å². The fourth-order valence-corrected chi connectivity index (χ4v) is 4.78. The maximum Gasteiger partial charge on any atom is 0.300 e. The molecule has 0 unspecified atom stereocenters. The van der Waals surface area contributed by atoms with E-state index in [4.69, 9.17) is 14.6 Å². The number of hydrogen-bond acceptors (Lipinski definition) is 10. The number of amides is 1. The van der Waals surface area contributed by atoms with Crippen molar-refractivity contribution >= 4 is 27.5 Å². The quantitative estimate of drug-likeness (QED) is 0.285. The van der Waals surface area contributed by atoms with Crippen molar-refractivity contribution in [3.63, 3.8) is 0 Å². The Morgan fingerprint density at radius 2 is 1.93 bits per heavy atom. The first-order chi connectivity index (χ1) is 19.2. The highest BCUT2D eigenvalue weighted by atomic mass is 32.1. The molecule has 1 N–H and O–H groups in total. The van der Waals surface area contributed by atoms with E-state index in [1.165, 1.54) is 51.8 Å². The zero-order valence-corrected chi connectivity index (χ0v) is 23.9. The first-order valence-electron chi connectivity index (χ1n) is 12.4. The SMILES string of the molecule is COCCO.COc1ccc(F)cc1CCOc1nc2sc(-n3nccn3)c(C)c2c(=O)n1CCN(C)C(C)=O. The van der Waals surface area contributed by atoms with Crippen molar-refractivity contribution < 1.29 is 28.5 Å². The van der Waals surface area contributed by atoms with Gasteiger partial charge < -0.3 is 24.2 Å². The number of rotatable bonds is 11. The van der Waals surface area contributed by atoms with Crippen molar-refractivity contribution in [3.8, 4) is 16.8 Å². The van der Waals surface area contributed by atoms with Crippen LogP contribution in [0.4, 0.5) is 4.39 Å². The largest absolute Gasteiger partial charge is 0.496 e. The molecular formula is C26H33FN6O6S. The van der Waals surface area contributed by atoms with Gasteiger partial charge in [-0.05, 0) is 25.1 Å². The molecule has 0 aliphatic rings. The molecule has 40 heavy (non-hydrogen) atoms. The van der Waals surface area contributed by atoms with Crippen LogP contribution >= 0.6 is 11.3 Å². The number of nitrogens with zero attached hydrogens (tertiary/aromatic N) is 6. The Kier molecular flexibility index (Phi) is 11.1. The molecule has 0 bridgehead atoms. The number of aliphatic hydroxyl groups excluding tert-OH is 1. The van der Waals surface area contributed by atoms with Gasteiger partial charge in [0.1, 0.15) is 21.4 Å². The van der Waals surface area contributed by atoms with Crippen LogP contribution in [0.15, 0.2) is 35.4 Å². The molecule has 0 radical (unpaired) electrons. The molecule has 12 nitrogen and oxygen atoms in total. The minimum atomic E-state index is -0.377. The van der Waals surface area contributed by atoms with Gasteiger partial charge in [-0.3, -0.25) is 14.2 Å². The maximum atomic E-state index is 13.7. The summed E-state index contributed by atoms with van der Waals surface area (Å²) in [4.78, 5) is 33.3. The van der Waals surface area contributed by atoms with Gasteiger partial charge in [-0.15, -0.1) is 4.80 Å². The van der Waals surface area contributed by atoms with E-state index in [0.717, 1.165) is 0 Å². The first kappa shape index (κ1) is 30.7. The molecular weight excluding hydrogens is 543 g/mol. The third-order valence-corrected chi connectivity index (χ3v) is 7.08. The predicted molar refractivity (Wildman–Crippen MR) is 148 cm³/mol. The van der Waals surface area contributed by atoms with Gasteiger partial charge in [-0.1, -0.05) is 11.3 Å². The molecule has 3 aromatic heterocycles. The highest BCUT2D eigenvalue weighted by Gasteiger charge is 2.21. The molecule has 1 amide bonds. The Morgan fingerprint density at radius 1 is 1.20 bits per heavy atom. The average Bonchev–Trinajstić information content (AvgIpc) is 3.57. The molecule has 0 aliphatic heterocycles. The molecule has 0 saturated heterocycles. The van der Waals surface area contributed by atoms with Crippen molar-refractivity contribution in [1.29, 1.82) is 0 Å². The van der Waals surface area contributed by atoms with Gasteiger partial charge in [-0.2, -0.15) is 15.2 Å². The smallest absolute Gasteiger partial charge is 0.300 e. The lowest BCUT2D eigenvalue weighted by Gasteiger charge is -2.18. The molecule has 4 rings (SSSR count). The van der Waals surface area contributed by atoms with Gasteiger partial charge in [0, 0.05) is 51.7 Å². The molecule has 4 aromatic rings. The van der Waals surface area contributed by atoms with Gasteiger partial charge in [0.2, 0.25) is 5.91 Å². The average molecular weight is 577 g/mol. The molecule has 14 heteroatoms. The number of aromatic nitrogens is 5. The standard InChI is InChI=1S/C23H25FN6O4S.C3H8O2/c1-14-19-20(35-22(14)30-25-8-9-26-30)27-23(29(21(19)32)11-10-28(3)15(2)31)34-12-7-16-13-17(24)5-6-18(16)33-4;1-5-3-2-4/h5-6,8-9,13H,7,10-12H2,1-4H3;4H,2-3H2,1H3. The van der Waals surface area contributed by atoms with Crippen molar-refractivity contribution in [2.75, 3.05) is 47.6 Å². The van der Waals surface area contributed by atoms with E-state index in [-0.39, 0.29) is 43.1 Å². The fraction of sp³-hybridized carbons (Fsp3) is 0.423. The van der Waals surface area contributed by atoms with Crippen molar-refractivity contribution in [3.05, 3.63) is 57.9 Å². The Hall–Kier alpha value is -3.88. The Balaban J connectivity index is 0.000000810. The number of aryl methyl sites for hydroxylation is 1. The summed E-state index contributed by atoms with van der Waals surface area (Å²) in [5.74, 6) is 0.0500. The highest BCUT2D eigenvalue weighted by Crippen LogP contribution is 2.31. The molecule has 0 fully saturated rings. The third kappa shape index (κ3) is 7.40. The number of methoxy groups -OCH3 is 2. The van der Waals surface area contributed by atoms with Gasteiger partial charge in [-0.25, -0.2) is 4.39 Å². The summed E-state index contributed by atoms with van der Waals surface area (Å²) in [5.41, 5.74) is 1.07. The molecule has 0 saturated carbocycles. The molecule has 0 aliphatic carbocycles. The topological polar surface area (TPSA) is 134 Å². The summed E-state index contributed by atoms with van der Waals surface area (Å²) >= 11 is 1.29. The number of hydrogen-bond donors (Lipinski definition) is 1. The minimum absolute atomic E-state index is 0.119. The van der Waals surface area contributed by atoms with Crippen molar-refractivity contribution in [2.24, 2.45) is 0 Å². The fourth-order valence-electron chi connectivity index (χ4n) is 3.70. The molecule has 0 atom stereocenters.